The lowest BCUT2D eigenvalue weighted by atomic mass is 9.48. The van der Waals surface area contributed by atoms with Gasteiger partial charge >= 0.3 is 0 Å². The van der Waals surface area contributed by atoms with Crippen LogP contribution in [0.4, 0.5) is 0 Å². The molecule has 188 valence electrons. The van der Waals surface area contributed by atoms with E-state index in [2.05, 4.69) is 25.1 Å². The summed E-state index contributed by atoms with van der Waals surface area (Å²) >= 11 is 0. The van der Waals surface area contributed by atoms with Crippen molar-refractivity contribution in [2.45, 2.75) is 65.1 Å². The Kier molecular flexibility index (Phi) is 6.39. The molecule has 6 nitrogen and oxygen atoms in total. The average molecular weight is 480 g/mol. The van der Waals surface area contributed by atoms with Gasteiger partial charge in [-0.3, -0.25) is 4.79 Å². The lowest BCUT2D eigenvalue weighted by Crippen LogP contribution is -2.55. The predicted molar refractivity (Wildman–Crippen MR) is 134 cm³/mol. The normalized spacial score (nSPS) is 38.6. The maximum absolute atomic E-state index is 13.2. The number of aliphatic hydroxyl groups excluding tert-OH is 2. The Morgan fingerprint density at radius 1 is 1.11 bits per heavy atom. The number of carbonyl (C=O) groups is 1. The van der Waals surface area contributed by atoms with Crippen LogP contribution in [0.2, 0.25) is 0 Å². The summed E-state index contributed by atoms with van der Waals surface area (Å²) in [5.41, 5.74) is 2.99. The van der Waals surface area contributed by atoms with Crippen molar-refractivity contribution in [3.63, 3.8) is 0 Å². The summed E-state index contributed by atoms with van der Waals surface area (Å²) in [5.74, 6) is 1.16. The van der Waals surface area contributed by atoms with Crippen LogP contribution in [0.3, 0.4) is 0 Å². The predicted octanol–water partition coefficient (Wildman–Crippen LogP) is 4.47. The smallest absolute Gasteiger partial charge is 0.159 e. The molecule has 0 bridgehead atoms. The van der Waals surface area contributed by atoms with Gasteiger partial charge in [0.2, 0.25) is 0 Å². The number of ether oxygens (including phenoxy) is 1. The molecule has 0 aromatic heterocycles. The summed E-state index contributed by atoms with van der Waals surface area (Å²) in [6.45, 7) is 7.29. The Labute approximate surface area is 207 Å². The van der Waals surface area contributed by atoms with Crippen molar-refractivity contribution in [1.82, 2.24) is 0 Å². The van der Waals surface area contributed by atoms with Crippen LogP contribution in [0.15, 0.2) is 58.8 Å². The van der Waals surface area contributed by atoms with Crippen molar-refractivity contribution in [2.24, 2.45) is 33.7 Å². The Bertz CT molecular complexity index is 1060. The number of aliphatic hydroxyl groups is 2. The maximum Gasteiger partial charge on any atom is 0.159 e. The molecule has 0 spiro atoms. The van der Waals surface area contributed by atoms with Gasteiger partial charge in [-0.15, -0.1) is 0 Å². The molecular weight excluding hydrogens is 442 g/mol. The Hall–Kier alpha value is -2.44. The largest absolute Gasteiger partial charge is 0.490 e. The highest BCUT2D eigenvalue weighted by Crippen LogP contribution is 2.63. The van der Waals surface area contributed by atoms with E-state index in [4.69, 9.17) is 9.57 Å². The van der Waals surface area contributed by atoms with Crippen LogP contribution >= 0.6 is 0 Å². The molecule has 35 heavy (non-hydrogen) atoms. The van der Waals surface area contributed by atoms with E-state index in [1.54, 1.807) is 0 Å². The van der Waals surface area contributed by atoms with Crippen LogP contribution in [0.1, 0.15) is 52.9 Å². The topological polar surface area (TPSA) is 88.4 Å². The molecule has 6 heteroatoms. The minimum Gasteiger partial charge on any atom is -0.490 e. The second-order valence-electron chi connectivity index (χ2n) is 11.3. The van der Waals surface area contributed by atoms with Crippen molar-refractivity contribution < 1.29 is 24.6 Å². The van der Waals surface area contributed by atoms with Crippen LogP contribution < -0.4 is 4.74 Å². The van der Waals surface area contributed by atoms with E-state index in [-0.39, 0.29) is 34.4 Å². The molecule has 0 saturated heterocycles. The summed E-state index contributed by atoms with van der Waals surface area (Å²) in [6.07, 6.45) is 6.26. The number of allylic oxidation sites excluding steroid dienone is 4. The zero-order valence-corrected chi connectivity index (χ0v) is 20.9. The van der Waals surface area contributed by atoms with Crippen molar-refractivity contribution in [1.29, 1.82) is 0 Å². The number of carbonyl (C=O) groups excluding carboxylic acids is 1. The third-order valence-electron chi connectivity index (χ3n) is 9.28. The first-order chi connectivity index (χ1) is 16.7. The molecule has 1 aromatic rings. The van der Waals surface area contributed by atoms with E-state index < -0.39 is 12.2 Å². The SMILES string of the molecule is CC(=NOCCOc1ccccc1)[C@H]1CC=C2C3=CC(=O)[C@@H]4C[C@@H](O)[C@@H](O)C[C@]4(C)C3CC[C@@]21C. The number of fused-ring (bicyclic) bond motifs is 5. The van der Waals surface area contributed by atoms with Gasteiger partial charge in [0.05, 0.1) is 17.9 Å². The van der Waals surface area contributed by atoms with E-state index in [9.17, 15) is 15.0 Å². The molecule has 1 unspecified atom stereocenters. The molecule has 0 amide bonds. The first-order valence-electron chi connectivity index (χ1n) is 12.9. The molecule has 4 aliphatic carbocycles. The number of hydrogen-bond donors (Lipinski definition) is 2. The Morgan fingerprint density at radius 3 is 2.66 bits per heavy atom. The summed E-state index contributed by atoms with van der Waals surface area (Å²) in [7, 11) is 0. The third kappa shape index (κ3) is 4.15. The maximum atomic E-state index is 13.2. The second kappa shape index (κ2) is 9.21. The second-order valence-corrected chi connectivity index (χ2v) is 11.3. The fraction of sp³-hybridized carbons (Fsp3) is 0.586. The molecule has 0 heterocycles. The van der Waals surface area contributed by atoms with Crippen LogP contribution in [-0.4, -0.2) is 47.1 Å². The van der Waals surface area contributed by atoms with E-state index in [0.29, 0.717) is 26.1 Å². The molecule has 4 aliphatic rings. The van der Waals surface area contributed by atoms with Gasteiger partial charge in [-0.2, -0.15) is 0 Å². The van der Waals surface area contributed by atoms with Gasteiger partial charge in [0.25, 0.3) is 0 Å². The first kappa shape index (κ1) is 24.3. The van der Waals surface area contributed by atoms with Gasteiger partial charge in [0.1, 0.15) is 12.4 Å². The van der Waals surface area contributed by atoms with Gasteiger partial charge < -0.3 is 19.8 Å². The van der Waals surface area contributed by atoms with Crippen LogP contribution in [0, 0.1) is 28.6 Å². The molecule has 2 saturated carbocycles. The van der Waals surface area contributed by atoms with Gasteiger partial charge in [-0.25, -0.2) is 0 Å². The van der Waals surface area contributed by atoms with Crippen molar-refractivity contribution in [2.75, 3.05) is 13.2 Å². The van der Waals surface area contributed by atoms with Gasteiger partial charge in [0.15, 0.2) is 12.4 Å². The number of para-hydroxylation sites is 1. The van der Waals surface area contributed by atoms with Crippen molar-refractivity contribution in [3.8, 4) is 5.75 Å². The van der Waals surface area contributed by atoms with E-state index in [0.717, 1.165) is 36.3 Å². The summed E-state index contributed by atoms with van der Waals surface area (Å²) < 4.78 is 5.68. The van der Waals surface area contributed by atoms with E-state index >= 15 is 0 Å². The van der Waals surface area contributed by atoms with Crippen molar-refractivity contribution >= 4 is 11.5 Å². The number of hydrogen-bond acceptors (Lipinski definition) is 6. The summed E-state index contributed by atoms with van der Waals surface area (Å²) in [5, 5.41) is 25.1. The fourth-order valence-electron chi connectivity index (χ4n) is 7.36. The number of nitrogens with zero attached hydrogens (tertiary/aromatic N) is 1. The standard InChI is InChI=1S/C29H37NO5/c1-18(30-35-14-13-34-19-7-5-4-6-8-19)21-9-10-22-20-15-25(31)24-16-26(32)27(33)17-29(24,3)23(20)11-12-28(21,22)2/h4-8,10,15,21,23-24,26-27,32-33H,9,11-14,16-17H2,1-3H3/t21-,23?,24+,26-,27+,28-,29-/m1/s1. The zero-order valence-electron chi connectivity index (χ0n) is 20.9. The zero-order chi connectivity index (χ0) is 24.8. The minimum absolute atomic E-state index is 0.0872. The molecular formula is C29H37NO5. The van der Waals surface area contributed by atoms with Crippen molar-refractivity contribution in [3.05, 3.63) is 53.6 Å². The quantitative estimate of drug-likeness (QED) is 0.357. The molecule has 2 N–H and O–H groups in total. The van der Waals surface area contributed by atoms with Crippen LogP contribution in [0.5, 0.6) is 5.75 Å². The molecule has 0 radical (unpaired) electrons. The molecule has 5 rings (SSSR count). The summed E-state index contributed by atoms with van der Waals surface area (Å²) in [6, 6.07) is 9.67. The monoisotopic (exact) mass is 479 g/mol. The molecule has 0 aliphatic heterocycles. The van der Waals surface area contributed by atoms with Gasteiger partial charge in [-0.05, 0) is 79.7 Å². The molecule has 7 atom stereocenters. The molecule has 1 aromatic carbocycles. The minimum atomic E-state index is -0.812. The van der Waals surface area contributed by atoms with Crippen LogP contribution in [-0.2, 0) is 9.63 Å². The Morgan fingerprint density at radius 2 is 1.89 bits per heavy atom. The number of rotatable bonds is 6. The van der Waals surface area contributed by atoms with E-state index in [1.807, 2.05) is 43.3 Å². The summed E-state index contributed by atoms with van der Waals surface area (Å²) in [4.78, 5) is 18.8. The van der Waals surface area contributed by atoms with Crippen LogP contribution in [0.25, 0.3) is 0 Å². The Balaban J connectivity index is 1.28. The van der Waals surface area contributed by atoms with E-state index in [1.165, 1.54) is 5.57 Å². The number of ketones is 1. The van der Waals surface area contributed by atoms with Gasteiger partial charge in [0, 0.05) is 17.3 Å². The highest BCUT2D eigenvalue weighted by Gasteiger charge is 2.58. The average Bonchev–Trinajstić information content (AvgIpc) is 3.19. The molecule has 2 fully saturated rings. The highest BCUT2D eigenvalue weighted by atomic mass is 16.6. The fourth-order valence-corrected chi connectivity index (χ4v) is 7.36. The first-order valence-corrected chi connectivity index (χ1v) is 12.9. The third-order valence-corrected chi connectivity index (χ3v) is 9.28. The lowest BCUT2D eigenvalue weighted by Gasteiger charge is -2.56. The highest BCUT2D eigenvalue weighted by molar-refractivity contribution is 5.96. The number of oxime groups is 1. The lowest BCUT2D eigenvalue weighted by molar-refractivity contribution is -0.141. The van der Waals surface area contributed by atoms with Gasteiger partial charge in [-0.1, -0.05) is 43.3 Å². The number of benzene rings is 1.